The second kappa shape index (κ2) is 5.95. The van der Waals surface area contributed by atoms with Gasteiger partial charge in [-0.3, -0.25) is 4.68 Å². The Morgan fingerprint density at radius 1 is 1.30 bits per heavy atom. The van der Waals surface area contributed by atoms with Crippen molar-refractivity contribution < 1.29 is 9.13 Å². The van der Waals surface area contributed by atoms with Crippen molar-refractivity contribution in [3.05, 3.63) is 46.4 Å². The second-order valence-corrected chi connectivity index (χ2v) is 6.03. The highest BCUT2D eigenvalue weighted by atomic mass is 79.9. The molecule has 0 saturated heterocycles. The standard InChI is InChI=1S/C15H16BrFN2O/c16-11-7-12(17)9-15(8-11)20-10-13-5-6-19(18-13)14-3-1-2-4-14/h5-9,14H,1-4,10H2. The lowest BCUT2D eigenvalue weighted by Gasteiger charge is -2.09. The Labute approximate surface area is 125 Å². The van der Waals surface area contributed by atoms with E-state index in [9.17, 15) is 4.39 Å². The monoisotopic (exact) mass is 338 g/mol. The van der Waals surface area contributed by atoms with Crippen LogP contribution >= 0.6 is 15.9 Å². The van der Waals surface area contributed by atoms with Crippen LogP contribution in [0.5, 0.6) is 5.75 Å². The molecule has 1 fully saturated rings. The van der Waals surface area contributed by atoms with Crippen LogP contribution < -0.4 is 4.74 Å². The number of rotatable bonds is 4. The van der Waals surface area contributed by atoms with E-state index in [0.29, 0.717) is 22.9 Å². The average Bonchev–Trinajstić information content (AvgIpc) is 3.06. The SMILES string of the molecule is Fc1cc(Br)cc(OCc2ccn(C3CCCC3)n2)c1. The zero-order valence-electron chi connectivity index (χ0n) is 11.1. The molecule has 3 rings (SSSR count). The number of halogens is 2. The van der Waals surface area contributed by atoms with Crippen molar-refractivity contribution in [3.8, 4) is 5.75 Å². The van der Waals surface area contributed by atoms with Gasteiger partial charge in [-0.05, 0) is 31.0 Å². The second-order valence-electron chi connectivity index (χ2n) is 5.12. The molecule has 5 heteroatoms. The first-order valence-electron chi connectivity index (χ1n) is 6.83. The number of hydrogen-bond donors (Lipinski definition) is 0. The Kier molecular flexibility index (Phi) is 4.05. The molecule has 0 bridgehead atoms. The maximum absolute atomic E-state index is 13.2. The summed E-state index contributed by atoms with van der Waals surface area (Å²) in [5.41, 5.74) is 0.872. The number of ether oxygens (including phenoxy) is 1. The molecule has 1 aliphatic rings. The van der Waals surface area contributed by atoms with Gasteiger partial charge in [-0.15, -0.1) is 0 Å². The molecule has 3 nitrogen and oxygen atoms in total. The lowest BCUT2D eigenvalue weighted by atomic mass is 10.3. The predicted molar refractivity (Wildman–Crippen MR) is 78.2 cm³/mol. The minimum absolute atomic E-state index is 0.314. The molecule has 1 heterocycles. The Bertz CT molecular complexity index is 573. The third-order valence-corrected chi connectivity index (χ3v) is 4.04. The van der Waals surface area contributed by atoms with E-state index < -0.39 is 0 Å². The number of nitrogens with zero attached hydrogens (tertiary/aromatic N) is 2. The number of hydrogen-bond acceptors (Lipinski definition) is 2. The quantitative estimate of drug-likeness (QED) is 0.821. The van der Waals surface area contributed by atoms with Gasteiger partial charge in [0.1, 0.15) is 18.2 Å². The molecule has 0 radical (unpaired) electrons. The molecule has 1 aromatic heterocycles. The maximum Gasteiger partial charge on any atom is 0.132 e. The van der Waals surface area contributed by atoms with E-state index in [1.807, 2.05) is 16.9 Å². The first-order chi connectivity index (χ1) is 9.70. The fraction of sp³-hybridized carbons (Fsp3) is 0.400. The van der Waals surface area contributed by atoms with E-state index in [1.165, 1.54) is 37.8 Å². The van der Waals surface area contributed by atoms with Crippen molar-refractivity contribution in [2.45, 2.75) is 38.3 Å². The fourth-order valence-corrected chi connectivity index (χ4v) is 3.04. The van der Waals surface area contributed by atoms with Gasteiger partial charge >= 0.3 is 0 Å². The summed E-state index contributed by atoms with van der Waals surface area (Å²) < 4.78 is 21.5. The van der Waals surface area contributed by atoms with Crippen molar-refractivity contribution in [1.29, 1.82) is 0 Å². The summed E-state index contributed by atoms with van der Waals surface area (Å²) >= 11 is 3.25. The summed E-state index contributed by atoms with van der Waals surface area (Å²) in [4.78, 5) is 0. The molecule has 0 aliphatic heterocycles. The summed E-state index contributed by atoms with van der Waals surface area (Å²) in [6, 6.07) is 7.02. The molecular formula is C15H16BrFN2O. The van der Waals surface area contributed by atoms with Crippen LogP contribution in [0.3, 0.4) is 0 Å². The van der Waals surface area contributed by atoms with Crippen molar-refractivity contribution in [2.75, 3.05) is 0 Å². The van der Waals surface area contributed by atoms with Gasteiger partial charge in [0.05, 0.1) is 11.7 Å². The molecule has 1 aromatic carbocycles. The lowest BCUT2D eigenvalue weighted by Crippen LogP contribution is -2.06. The maximum atomic E-state index is 13.2. The van der Waals surface area contributed by atoms with Crippen molar-refractivity contribution >= 4 is 15.9 Å². The summed E-state index contributed by atoms with van der Waals surface area (Å²) in [5, 5.41) is 4.54. The minimum atomic E-state index is -0.314. The number of benzene rings is 1. The highest BCUT2D eigenvalue weighted by molar-refractivity contribution is 9.10. The predicted octanol–water partition coefficient (Wildman–Crippen LogP) is 4.48. The van der Waals surface area contributed by atoms with Gasteiger partial charge in [0, 0.05) is 16.7 Å². The molecule has 106 valence electrons. The van der Waals surface area contributed by atoms with Gasteiger partial charge in [-0.1, -0.05) is 28.8 Å². The van der Waals surface area contributed by atoms with Gasteiger partial charge in [0.15, 0.2) is 0 Å². The fourth-order valence-electron chi connectivity index (χ4n) is 2.60. The van der Waals surface area contributed by atoms with Gasteiger partial charge < -0.3 is 4.74 Å². The van der Waals surface area contributed by atoms with Gasteiger partial charge in [0.2, 0.25) is 0 Å². The molecule has 1 saturated carbocycles. The molecule has 0 amide bonds. The van der Waals surface area contributed by atoms with Crippen molar-refractivity contribution in [2.24, 2.45) is 0 Å². The van der Waals surface area contributed by atoms with Crippen LogP contribution in [0.2, 0.25) is 0 Å². The van der Waals surface area contributed by atoms with E-state index in [4.69, 9.17) is 4.74 Å². The molecule has 1 aliphatic carbocycles. The molecular weight excluding hydrogens is 323 g/mol. The highest BCUT2D eigenvalue weighted by Crippen LogP contribution is 2.28. The molecule has 0 unspecified atom stereocenters. The Hall–Kier alpha value is -1.36. The van der Waals surface area contributed by atoms with Crippen LogP contribution in [0.4, 0.5) is 4.39 Å². The highest BCUT2D eigenvalue weighted by Gasteiger charge is 2.17. The molecule has 20 heavy (non-hydrogen) atoms. The normalized spacial score (nSPS) is 15.7. The van der Waals surface area contributed by atoms with E-state index in [-0.39, 0.29) is 5.82 Å². The van der Waals surface area contributed by atoms with Gasteiger partial charge in [0.25, 0.3) is 0 Å². The molecule has 0 spiro atoms. The third kappa shape index (κ3) is 3.20. The topological polar surface area (TPSA) is 27.1 Å². The summed E-state index contributed by atoms with van der Waals surface area (Å²) in [6.07, 6.45) is 7.00. The Morgan fingerprint density at radius 3 is 2.85 bits per heavy atom. The largest absolute Gasteiger partial charge is 0.487 e. The zero-order valence-corrected chi connectivity index (χ0v) is 12.6. The van der Waals surface area contributed by atoms with Crippen LogP contribution in [0.15, 0.2) is 34.9 Å². The first kappa shape index (κ1) is 13.6. The first-order valence-corrected chi connectivity index (χ1v) is 7.63. The summed E-state index contributed by atoms with van der Waals surface area (Å²) in [5.74, 6) is 0.193. The van der Waals surface area contributed by atoms with Crippen LogP contribution in [-0.2, 0) is 6.61 Å². The zero-order chi connectivity index (χ0) is 13.9. The van der Waals surface area contributed by atoms with E-state index in [0.717, 1.165) is 5.69 Å². The smallest absolute Gasteiger partial charge is 0.132 e. The Morgan fingerprint density at radius 2 is 2.10 bits per heavy atom. The van der Waals surface area contributed by atoms with Crippen molar-refractivity contribution in [3.63, 3.8) is 0 Å². The van der Waals surface area contributed by atoms with Crippen LogP contribution in [-0.4, -0.2) is 9.78 Å². The summed E-state index contributed by atoms with van der Waals surface area (Å²) in [6.45, 7) is 0.357. The summed E-state index contributed by atoms with van der Waals surface area (Å²) in [7, 11) is 0. The van der Waals surface area contributed by atoms with Crippen LogP contribution in [0, 0.1) is 5.82 Å². The lowest BCUT2D eigenvalue weighted by molar-refractivity contribution is 0.296. The minimum Gasteiger partial charge on any atom is -0.487 e. The molecule has 2 aromatic rings. The van der Waals surface area contributed by atoms with Crippen molar-refractivity contribution in [1.82, 2.24) is 9.78 Å². The Balaban J connectivity index is 1.63. The molecule has 0 atom stereocenters. The van der Waals surface area contributed by atoms with E-state index in [1.54, 1.807) is 6.07 Å². The van der Waals surface area contributed by atoms with Crippen LogP contribution in [0.25, 0.3) is 0 Å². The number of aromatic nitrogens is 2. The van der Waals surface area contributed by atoms with Gasteiger partial charge in [-0.25, -0.2) is 4.39 Å². The van der Waals surface area contributed by atoms with E-state index >= 15 is 0 Å². The average molecular weight is 339 g/mol. The molecule has 0 N–H and O–H groups in total. The van der Waals surface area contributed by atoms with Gasteiger partial charge in [-0.2, -0.15) is 5.10 Å². The van der Waals surface area contributed by atoms with E-state index in [2.05, 4.69) is 21.0 Å². The van der Waals surface area contributed by atoms with Crippen LogP contribution in [0.1, 0.15) is 37.4 Å². The third-order valence-electron chi connectivity index (χ3n) is 3.59.